The molecule has 2 N–H and O–H groups in total. The average Bonchev–Trinajstić information content (AvgIpc) is 2.97. The first-order valence-corrected chi connectivity index (χ1v) is 10.1. The van der Waals surface area contributed by atoms with Gasteiger partial charge in [0, 0.05) is 50.7 Å². The number of imidazole rings is 1. The summed E-state index contributed by atoms with van der Waals surface area (Å²) in [6.07, 6.45) is 5.00. The summed E-state index contributed by atoms with van der Waals surface area (Å²) in [6, 6.07) is 1.16. The molecule has 1 aromatic heterocycles. The number of nitrogens with one attached hydrogen (secondary N) is 2. The summed E-state index contributed by atoms with van der Waals surface area (Å²) in [5, 5.41) is 6.78. The van der Waals surface area contributed by atoms with E-state index in [0.717, 1.165) is 44.4 Å². The zero-order valence-corrected chi connectivity index (χ0v) is 17.9. The quantitative estimate of drug-likeness (QED) is 0.360. The van der Waals surface area contributed by atoms with Crippen molar-refractivity contribution in [3.63, 3.8) is 0 Å². The lowest BCUT2D eigenvalue weighted by atomic mass is 10.2. The van der Waals surface area contributed by atoms with Crippen molar-refractivity contribution in [2.24, 2.45) is 10.9 Å². The summed E-state index contributed by atoms with van der Waals surface area (Å²) < 4.78 is 2.20. The van der Waals surface area contributed by atoms with Gasteiger partial charge in [-0.25, -0.2) is 9.98 Å². The number of hydrogen-bond donors (Lipinski definition) is 2. The lowest BCUT2D eigenvalue weighted by molar-refractivity contribution is 0.173. The van der Waals surface area contributed by atoms with Crippen molar-refractivity contribution in [1.29, 1.82) is 0 Å². The van der Waals surface area contributed by atoms with Crippen LogP contribution in [0.2, 0.25) is 0 Å². The van der Waals surface area contributed by atoms with Crippen molar-refractivity contribution in [1.82, 2.24) is 25.1 Å². The molecule has 0 aromatic carbocycles. The maximum Gasteiger partial charge on any atom is 0.191 e. The van der Waals surface area contributed by atoms with Gasteiger partial charge in [-0.05, 0) is 47.0 Å². The van der Waals surface area contributed by atoms with Crippen LogP contribution in [-0.2, 0) is 13.1 Å². The minimum atomic E-state index is 0.580. The van der Waals surface area contributed by atoms with Gasteiger partial charge < -0.3 is 15.2 Å². The van der Waals surface area contributed by atoms with E-state index in [2.05, 4.69) is 73.6 Å². The normalized spacial score (nSPS) is 12.7. The van der Waals surface area contributed by atoms with Crippen molar-refractivity contribution >= 4 is 5.96 Å². The van der Waals surface area contributed by atoms with Gasteiger partial charge in [0.1, 0.15) is 12.4 Å². The summed E-state index contributed by atoms with van der Waals surface area (Å²) in [4.78, 5) is 11.7. The van der Waals surface area contributed by atoms with E-state index >= 15 is 0 Å². The molecule has 0 amide bonds. The molecule has 0 radical (unpaired) electrons. The van der Waals surface area contributed by atoms with Gasteiger partial charge in [-0.3, -0.25) is 4.90 Å². The third-order valence-corrected chi connectivity index (χ3v) is 4.30. The Labute approximate surface area is 160 Å². The van der Waals surface area contributed by atoms with Crippen LogP contribution in [-0.4, -0.2) is 52.1 Å². The maximum absolute atomic E-state index is 4.71. The molecule has 6 nitrogen and oxygen atoms in total. The Hall–Kier alpha value is -1.56. The Bertz CT molecular complexity index is 510. The molecule has 1 aromatic rings. The second-order valence-corrected chi connectivity index (χ2v) is 7.79. The van der Waals surface area contributed by atoms with Gasteiger partial charge in [0.2, 0.25) is 0 Å². The van der Waals surface area contributed by atoms with Crippen LogP contribution in [0.25, 0.3) is 0 Å². The molecule has 26 heavy (non-hydrogen) atoms. The molecule has 0 unspecified atom stereocenters. The van der Waals surface area contributed by atoms with Gasteiger partial charge >= 0.3 is 0 Å². The van der Waals surface area contributed by atoms with Crippen LogP contribution in [0.1, 0.15) is 60.7 Å². The summed E-state index contributed by atoms with van der Waals surface area (Å²) in [5.41, 5.74) is 0. The fraction of sp³-hybridized carbons (Fsp3) is 0.800. The minimum absolute atomic E-state index is 0.580. The van der Waals surface area contributed by atoms with E-state index in [1.54, 1.807) is 0 Å². The third-order valence-electron chi connectivity index (χ3n) is 4.30. The summed E-state index contributed by atoms with van der Waals surface area (Å²) >= 11 is 0. The zero-order valence-electron chi connectivity index (χ0n) is 17.9. The second-order valence-electron chi connectivity index (χ2n) is 7.79. The van der Waals surface area contributed by atoms with Crippen LogP contribution in [0.5, 0.6) is 0 Å². The van der Waals surface area contributed by atoms with Gasteiger partial charge in [-0.15, -0.1) is 0 Å². The molecule has 0 saturated heterocycles. The molecule has 0 spiro atoms. The smallest absolute Gasteiger partial charge is 0.191 e. The first kappa shape index (κ1) is 22.5. The highest BCUT2D eigenvalue weighted by atomic mass is 15.2. The first-order chi connectivity index (χ1) is 12.3. The third kappa shape index (κ3) is 8.21. The predicted molar refractivity (Wildman–Crippen MR) is 111 cm³/mol. The number of nitrogens with zero attached hydrogens (tertiary/aromatic N) is 4. The molecule has 1 heterocycles. The summed E-state index contributed by atoms with van der Waals surface area (Å²) in [6.45, 7) is 20.0. The molecule has 0 fully saturated rings. The van der Waals surface area contributed by atoms with E-state index in [9.17, 15) is 0 Å². The minimum Gasteiger partial charge on any atom is -0.357 e. The molecule has 0 aliphatic heterocycles. The molecule has 0 saturated carbocycles. The van der Waals surface area contributed by atoms with Gasteiger partial charge in [0.25, 0.3) is 0 Å². The van der Waals surface area contributed by atoms with Crippen molar-refractivity contribution in [3.05, 3.63) is 18.2 Å². The number of rotatable bonds is 11. The maximum atomic E-state index is 4.71. The van der Waals surface area contributed by atoms with E-state index in [0.29, 0.717) is 24.5 Å². The monoisotopic (exact) mass is 364 g/mol. The molecule has 150 valence electrons. The Kier molecular flexibility index (Phi) is 10.3. The van der Waals surface area contributed by atoms with Crippen molar-refractivity contribution in [2.75, 3.05) is 19.6 Å². The lowest BCUT2D eigenvalue weighted by Gasteiger charge is -2.30. The number of guanidine groups is 1. The molecular weight excluding hydrogens is 324 g/mol. The van der Waals surface area contributed by atoms with Crippen LogP contribution >= 0.6 is 0 Å². The number of aliphatic imine (C=N–C) groups is 1. The fourth-order valence-corrected chi connectivity index (χ4v) is 3.12. The number of hydrogen-bond acceptors (Lipinski definition) is 3. The van der Waals surface area contributed by atoms with Crippen LogP contribution in [0, 0.1) is 5.92 Å². The topological polar surface area (TPSA) is 57.5 Å². The highest BCUT2D eigenvalue weighted by Crippen LogP contribution is 2.06. The van der Waals surface area contributed by atoms with E-state index in [1.807, 2.05) is 12.4 Å². The van der Waals surface area contributed by atoms with E-state index in [4.69, 9.17) is 4.99 Å². The number of aromatic nitrogens is 2. The fourth-order valence-electron chi connectivity index (χ4n) is 3.12. The first-order valence-electron chi connectivity index (χ1n) is 10.1. The Morgan fingerprint density at radius 2 is 1.85 bits per heavy atom. The largest absolute Gasteiger partial charge is 0.357 e. The molecule has 6 heteroatoms. The van der Waals surface area contributed by atoms with Crippen molar-refractivity contribution in [2.45, 2.75) is 80.1 Å². The van der Waals surface area contributed by atoms with Crippen LogP contribution in [0.15, 0.2) is 17.4 Å². The Morgan fingerprint density at radius 3 is 2.42 bits per heavy atom. The molecule has 0 aliphatic rings. The predicted octanol–water partition coefficient (Wildman–Crippen LogP) is 3.10. The van der Waals surface area contributed by atoms with E-state index in [1.165, 1.54) is 0 Å². The molecule has 1 rings (SSSR count). The highest BCUT2D eigenvalue weighted by molar-refractivity contribution is 5.79. The molecule has 0 atom stereocenters. The van der Waals surface area contributed by atoms with Gasteiger partial charge in [-0.2, -0.15) is 0 Å². The van der Waals surface area contributed by atoms with Crippen LogP contribution < -0.4 is 10.6 Å². The van der Waals surface area contributed by atoms with E-state index in [-0.39, 0.29) is 0 Å². The Morgan fingerprint density at radius 1 is 1.15 bits per heavy atom. The van der Waals surface area contributed by atoms with Gasteiger partial charge in [-0.1, -0.05) is 13.8 Å². The van der Waals surface area contributed by atoms with Crippen LogP contribution in [0.4, 0.5) is 0 Å². The van der Waals surface area contributed by atoms with Gasteiger partial charge in [0.15, 0.2) is 5.96 Å². The van der Waals surface area contributed by atoms with E-state index < -0.39 is 0 Å². The molecular formula is C20H40N6. The second kappa shape index (κ2) is 11.9. The summed E-state index contributed by atoms with van der Waals surface area (Å²) in [5.74, 6) is 2.48. The van der Waals surface area contributed by atoms with Crippen molar-refractivity contribution < 1.29 is 0 Å². The molecule has 0 bridgehead atoms. The lowest BCUT2D eigenvalue weighted by Crippen LogP contribution is -2.41. The van der Waals surface area contributed by atoms with Gasteiger partial charge in [0.05, 0.1) is 0 Å². The molecule has 0 aliphatic carbocycles. The SMILES string of the molecule is CCNC(=NCc1nccn1CC(C)C)NCCCN(C(C)C)C(C)C. The highest BCUT2D eigenvalue weighted by Gasteiger charge is 2.12. The Balaban J connectivity index is 2.53. The van der Waals surface area contributed by atoms with Crippen molar-refractivity contribution in [3.8, 4) is 0 Å². The standard InChI is InChI=1S/C20H40N6/c1-8-21-20(23-10-9-12-26(17(4)5)18(6)7)24-14-19-22-11-13-25(19)15-16(2)3/h11,13,16-18H,8-10,12,14-15H2,1-7H3,(H2,21,23,24). The zero-order chi connectivity index (χ0) is 19.5. The van der Waals surface area contributed by atoms with Crippen LogP contribution in [0.3, 0.4) is 0 Å². The average molecular weight is 365 g/mol. The summed E-state index contributed by atoms with van der Waals surface area (Å²) in [7, 11) is 0.